The molecule has 5 nitrogen and oxygen atoms in total. The third kappa shape index (κ3) is 6.48. The van der Waals surface area contributed by atoms with Crippen molar-refractivity contribution in [2.45, 2.75) is 38.7 Å². The maximum atomic E-state index is 12.7. The van der Waals surface area contributed by atoms with Gasteiger partial charge in [-0.1, -0.05) is 20.3 Å². The van der Waals surface area contributed by atoms with Crippen LogP contribution in [0.15, 0.2) is 18.3 Å². The van der Waals surface area contributed by atoms with Crippen LogP contribution in [-0.4, -0.2) is 35.9 Å². The van der Waals surface area contributed by atoms with Gasteiger partial charge in [0.1, 0.15) is 0 Å². The molecule has 2 unspecified atom stereocenters. The summed E-state index contributed by atoms with van der Waals surface area (Å²) in [5.74, 6) is -4.92. The summed E-state index contributed by atoms with van der Waals surface area (Å²) in [6, 6.07) is 1.84. The Hall–Kier alpha value is -1.61. The summed E-state index contributed by atoms with van der Waals surface area (Å²) in [5, 5.41) is 2.52. The lowest BCUT2D eigenvalue weighted by Crippen LogP contribution is -2.40. The number of nitrogens with two attached hydrogens (primary N) is 1. The van der Waals surface area contributed by atoms with Gasteiger partial charge in [0.25, 0.3) is 0 Å². The first-order valence-corrected chi connectivity index (χ1v) is 6.98. The van der Waals surface area contributed by atoms with E-state index < -0.39 is 30.9 Å². The van der Waals surface area contributed by atoms with E-state index in [0.29, 0.717) is 5.69 Å². The largest absolute Gasteiger partial charge is 0.471 e. The van der Waals surface area contributed by atoms with Crippen LogP contribution in [0.25, 0.3) is 0 Å². The van der Waals surface area contributed by atoms with Gasteiger partial charge >= 0.3 is 12.3 Å². The number of nitrogens with zero attached hydrogens (tertiary/aromatic N) is 1. The third-order valence-electron chi connectivity index (χ3n) is 3.30. The maximum absolute atomic E-state index is 12.7. The van der Waals surface area contributed by atoms with Crippen LogP contribution >= 0.6 is 12.4 Å². The minimum atomic E-state index is -4.25. The molecule has 1 heterocycles. The fourth-order valence-electron chi connectivity index (χ4n) is 1.51. The Balaban J connectivity index is 0.00000529. The van der Waals surface area contributed by atoms with Gasteiger partial charge in [-0.2, -0.15) is 8.78 Å². The minimum absolute atomic E-state index is 0. The first-order valence-electron chi connectivity index (χ1n) is 6.98. The van der Waals surface area contributed by atoms with Crippen LogP contribution in [-0.2, 0) is 4.79 Å². The molecular weight excluding hydrogens is 354 g/mol. The van der Waals surface area contributed by atoms with Crippen LogP contribution in [0.1, 0.15) is 20.3 Å². The number of anilines is 1. The van der Waals surface area contributed by atoms with Crippen molar-refractivity contribution < 1.29 is 27.1 Å². The molecule has 0 radical (unpaired) electrons. The van der Waals surface area contributed by atoms with Crippen molar-refractivity contribution in [1.82, 2.24) is 4.98 Å². The van der Waals surface area contributed by atoms with Gasteiger partial charge in [-0.15, -0.1) is 12.4 Å². The van der Waals surface area contributed by atoms with E-state index in [-0.39, 0.29) is 24.2 Å². The zero-order valence-electron chi connectivity index (χ0n) is 13.1. The van der Waals surface area contributed by atoms with Crippen molar-refractivity contribution in [3.63, 3.8) is 0 Å². The van der Waals surface area contributed by atoms with Crippen LogP contribution in [0.5, 0.6) is 5.88 Å². The molecule has 0 spiro atoms. The molecule has 0 fully saturated rings. The number of nitrogens with one attached hydrogen (secondary N) is 1. The number of ether oxygens (including phenoxy) is 1. The average Bonchev–Trinajstić information content (AvgIpc) is 2.52. The average molecular weight is 374 g/mol. The van der Waals surface area contributed by atoms with Crippen molar-refractivity contribution in [2.75, 3.05) is 11.9 Å². The summed E-state index contributed by atoms with van der Waals surface area (Å²) in [7, 11) is 0. The predicted molar refractivity (Wildman–Crippen MR) is 84.0 cm³/mol. The lowest BCUT2D eigenvalue weighted by Gasteiger charge is -2.18. The fourth-order valence-corrected chi connectivity index (χ4v) is 1.51. The Kier molecular flexibility index (Phi) is 8.98. The first-order chi connectivity index (χ1) is 10.7. The maximum Gasteiger partial charge on any atom is 0.340 e. The summed E-state index contributed by atoms with van der Waals surface area (Å²) in [6.07, 6.45) is -1.92. The van der Waals surface area contributed by atoms with Crippen LogP contribution in [0.4, 0.5) is 23.2 Å². The standard InChI is InChI=1S/C14H19F4N3O2.ClH/c1-3-8(2)11(19)12(22)21-9-4-5-10(20-6-9)23-7-14(17,18)13(15)16;/h4-6,8,11,13H,3,7,19H2,1-2H3,(H,21,22);1H. The lowest BCUT2D eigenvalue weighted by molar-refractivity contribution is -0.148. The molecule has 1 aromatic heterocycles. The molecule has 0 aliphatic heterocycles. The first kappa shape index (κ1) is 22.4. The van der Waals surface area contributed by atoms with Crippen molar-refractivity contribution in [2.24, 2.45) is 11.7 Å². The second kappa shape index (κ2) is 9.63. The number of aromatic nitrogens is 1. The third-order valence-corrected chi connectivity index (χ3v) is 3.30. The lowest BCUT2D eigenvalue weighted by atomic mass is 9.99. The Morgan fingerprint density at radius 3 is 2.50 bits per heavy atom. The van der Waals surface area contributed by atoms with Crippen molar-refractivity contribution >= 4 is 24.0 Å². The zero-order chi connectivity index (χ0) is 17.6. The highest BCUT2D eigenvalue weighted by atomic mass is 35.5. The van der Waals surface area contributed by atoms with E-state index in [1.807, 2.05) is 13.8 Å². The molecule has 0 saturated carbocycles. The topological polar surface area (TPSA) is 77.2 Å². The molecule has 10 heteroatoms. The highest BCUT2D eigenvalue weighted by molar-refractivity contribution is 5.94. The summed E-state index contributed by atoms with van der Waals surface area (Å²) in [6.45, 7) is 2.26. The molecule has 1 amide bonds. The number of hydrogen-bond acceptors (Lipinski definition) is 4. The van der Waals surface area contributed by atoms with E-state index in [0.717, 1.165) is 12.6 Å². The van der Waals surface area contributed by atoms with E-state index in [1.54, 1.807) is 0 Å². The van der Waals surface area contributed by atoms with Gasteiger partial charge in [-0.05, 0) is 12.0 Å². The van der Waals surface area contributed by atoms with Crippen LogP contribution in [0.2, 0.25) is 0 Å². The number of pyridine rings is 1. The van der Waals surface area contributed by atoms with Gasteiger partial charge in [0.15, 0.2) is 6.61 Å². The zero-order valence-corrected chi connectivity index (χ0v) is 14.0. The molecule has 1 aromatic rings. The van der Waals surface area contributed by atoms with Crippen molar-refractivity contribution in [3.8, 4) is 5.88 Å². The molecule has 0 aliphatic rings. The van der Waals surface area contributed by atoms with Gasteiger partial charge in [-0.3, -0.25) is 4.79 Å². The molecule has 0 bridgehead atoms. The Bertz CT molecular complexity index is 517. The number of carbonyl (C=O) groups excluding carboxylic acids is 1. The normalized spacial score (nSPS) is 13.8. The number of amides is 1. The Morgan fingerprint density at radius 2 is 2.04 bits per heavy atom. The Labute approximate surface area is 143 Å². The molecular formula is C14H20ClF4N3O2. The van der Waals surface area contributed by atoms with E-state index in [9.17, 15) is 22.4 Å². The SMILES string of the molecule is CCC(C)C(N)C(=O)Nc1ccc(OCC(F)(F)C(F)F)nc1.Cl. The van der Waals surface area contributed by atoms with Gasteiger partial charge in [0.05, 0.1) is 17.9 Å². The molecule has 138 valence electrons. The van der Waals surface area contributed by atoms with Crippen LogP contribution in [0.3, 0.4) is 0 Å². The number of hydrogen-bond donors (Lipinski definition) is 2. The van der Waals surface area contributed by atoms with E-state index >= 15 is 0 Å². The molecule has 3 N–H and O–H groups in total. The van der Waals surface area contributed by atoms with E-state index in [4.69, 9.17) is 5.73 Å². The van der Waals surface area contributed by atoms with Gasteiger partial charge in [-0.25, -0.2) is 13.8 Å². The summed E-state index contributed by atoms with van der Waals surface area (Å²) in [4.78, 5) is 15.5. The molecule has 1 rings (SSSR count). The highest BCUT2D eigenvalue weighted by Crippen LogP contribution is 2.24. The second-order valence-electron chi connectivity index (χ2n) is 5.14. The van der Waals surface area contributed by atoms with Crippen molar-refractivity contribution in [3.05, 3.63) is 18.3 Å². The summed E-state index contributed by atoms with van der Waals surface area (Å²) < 4.78 is 53.9. The monoisotopic (exact) mass is 373 g/mol. The quantitative estimate of drug-likeness (QED) is 0.686. The Morgan fingerprint density at radius 1 is 1.42 bits per heavy atom. The van der Waals surface area contributed by atoms with E-state index in [1.165, 1.54) is 12.1 Å². The van der Waals surface area contributed by atoms with Gasteiger partial charge < -0.3 is 15.8 Å². The molecule has 24 heavy (non-hydrogen) atoms. The molecule has 2 atom stereocenters. The predicted octanol–water partition coefficient (Wildman–Crippen LogP) is 3.09. The minimum Gasteiger partial charge on any atom is -0.471 e. The van der Waals surface area contributed by atoms with Crippen LogP contribution in [0, 0.1) is 5.92 Å². The molecule has 0 aliphatic carbocycles. The summed E-state index contributed by atoms with van der Waals surface area (Å²) in [5.41, 5.74) is 6.05. The number of alkyl halides is 4. The van der Waals surface area contributed by atoms with Gasteiger partial charge in [0, 0.05) is 6.07 Å². The highest BCUT2D eigenvalue weighted by Gasteiger charge is 2.41. The summed E-state index contributed by atoms with van der Waals surface area (Å²) >= 11 is 0. The van der Waals surface area contributed by atoms with E-state index in [2.05, 4.69) is 15.0 Å². The second-order valence-corrected chi connectivity index (χ2v) is 5.14. The van der Waals surface area contributed by atoms with Gasteiger partial charge in [0.2, 0.25) is 11.8 Å². The number of halogens is 5. The molecule has 0 aromatic carbocycles. The fraction of sp³-hybridized carbons (Fsp3) is 0.571. The van der Waals surface area contributed by atoms with Crippen molar-refractivity contribution in [1.29, 1.82) is 0 Å². The molecule has 0 saturated heterocycles. The number of rotatable bonds is 8. The van der Waals surface area contributed by atoms with Crippen LogP contribution < -0.4 is 15.8 Å². The number of carbonyl (C=O) groups is 1. The smallest absolute Gasteiger partial charge is 0.340 e.